The van der Waals surface area contributed by atoms with E-state index in [9.17, 15) is 23.1 Å². The van der Waals surface area contributed by atoms with E-state index in [2.05, 4.69) is 20.4 Å². The Morgan fingerprint density at radius 2 is 1.97 bits per heavy atom. The highest BCUT2D eigenvalue weighted by Crippen LogP contribution is 2.28. The molecule has 3 aromatic rings. The number of aliphatic hydroxyl groups is 1. The summed E-state index contributed by atoms with van der Waals surface area (Å²) in [4.78, 5) is 20.7. The predicted molar refractivity (Wildman–Crippen MR) is 114 cm³/mol. The molecule has 11 heteroatoms. The van der Waals surface area contributed by atoms with Gasteiger partial charge < -0.3 is 15.2 Å². The van der Waals surface area contributed by atoms with Crippen LogP contribution in [0.1, 0.15) is 46.2 Å². The Balaban J connectivity index is 1.43. The van der Waals surface area contributed by atoms with Crippen molar-refractivity contribution in [1.29, 1.82) is 0 Å². The summed E-state index contributed by atoms with van der Waals surface area (Å²) in [6.07, 6.45) is 0.792. The van der Waals surface area contributed by atoms with Gasteiger partial charge in [0.05, 0.1) is 17.9 Å². The van der Waals surface area contributed by atoms with Gasteiger partial charge in [-0.3, -0.25) is 9.78 Å². The van der Waals surface area contributed by atoms with E-state index in [-0.39, 0.29) is 19.8 Å². The average Bonchev–Trinajstić information content (AvgIpc) is 3.06. The number of ether oxygens (including phenoxy) is 1. The Labute approximate surface area is 188 Å². The molecule has 178 valence electrons. The van der Waals surface area contributed by atoms with Gasteiger partial charge in [0.2, 0.25) is 0 Å². The lowest BCUT2D eigenvalue weighted by atomic mass is 10.1. The fourth-order valence-electron chi connectivity index (χ4n) is 3.20. The number of rotatable bonds is 9. The number of carbonyl (C=O) groups is 1. The molecule has 8 nitrogen and oxygen atoms in total. The van der Waals surface area contributed by atoms with Crippen molar-refractivity contribution in [2.24, 2.45) is 0 Å². The maximum atomic E-state index is 12.7. The van der Waals surface area contributed by atoms with Gasteiger partial charge in [0.25, 0.3) is 5.91 Å². The van der Waals surface area contributed by atoms with Gasteiger partial charge in [-0.1, -0.05) is 0 Å². The molecule has 0 fully saturated rings. The fourth-order valence-corrected chi connectivity index (χ4v) is 3.20. The SMILES string of the molecule is Cc1cnc2c(C(=O)NCC(C)(O)COCCCc3ccc(C(F)(F)F)cn3)c(C)nn2c1. The zero-order valence-electron chi connectivity index (χ0n) is 18.6. The predicted octanol–water partition coefficient (Wildman–Crippen LogP) is 2.89. The van der Waals surface area contributed by atoms with Crippen LogP contribution in [0, 0.1) is 13.8 Å². The summed E-state index contributed by atoms with van der Waals surface area (Å²) in [5.74, 6) is -0.396. The molecule has 1 amide bonds. The molecule has 0 saturated carbocycles. The fraction of sp³-hybridized carbons (Fsp3) is 0.455. The van der Waals surface area contributed by atoms with Crippen molar-refractivity contribution < 1.29 is 27.8 Å². The smallest absolute Gasteiger partial charge is 0.386 e. The van der Waals surface area contributed by atoms with Gasteiger partial charge >= 0.3 is 6.18 Å². The summed E-state index contributed by atoms with van der Waals surface area (Å²) in [6.45, 7) is 5.33. The Hall–Kier alpha value is -3.05. The van der Waals surface area contributed by atoms with Crippen molar-refractivity contribution >= 4 is 11.6 Å². The quantitative estimate of drug-likeness (QED) is 0.472. The lowest BCUT2D eigenvalue weighted by molar-refractivity contribution is -0.137. The zero-order chi connectivity index (χ0) is 24.2. The maximum Gasteiger partial charge on any atom is 0.417 e. The summed E-state index contributed by atoms with van der Waals surface area (Å²) in [7, 11) is 0. The largest absolute Gasteiger partial charge is 0.417 e. The molecule has 0 bridgehead atoms. The molecule has 33 heavy (non-hydrogen) atoms. The van der Waals surface area contributed by atoms with Crippen LogP contribution >= 0.6 is 0 Å². The van der Waals surface area contributed by atoms with Gasteiger partial charge in [0.15, 0.2) is 5.65 Å². The molecule has 0 aromatic carbocycles. The van der Waals surface area contributed by atoms with Crippen molar-refractivity contribution in [3.05, 3.63) is 58.8 Å². The first-order chi connectivity index (χ1) is 15.5. The van der Waals surface area contributed by atoms with Gasteiger partial charge in [-0.15, -0.1) is 0 Å². The minimum absolute atomic E-state index is 0.0289. The number of hydrogen-bond donors (Lipinski definition) is 2. The number of pyridine rings is 1. The molecule has 0 spiro atoms. The van der Waals surface area contributed by atoms with Crippen molar-refractivity contribution in [2.45, 2.75) is 45.4 Å². The third-order valence-electron chi connectivity index (χ3n) is 4.92. The Morgan fingerprint density at radius 3 is 2.64 bits per heavy atom. The summed E-state index contributed by atoms with van der Waals surface area (Å²) in [5.41, 5.74) is 0.635. The molecule has 1 atom stereocenters. The van der Waals surface area contributed by atoms with Crippen LogP contribution in [0.5, 0.6) is 0 Å². The van der Waals surface area contributed by atoms with E-state index in [0.29, 0.717) is 35.4 Å². The first-order valence-electron chi connectivity index (χ1n) is 10.4. The standard InChI is InChI=1S/C22H26F3N5O3/c1-14-9-27-19-18(15(2)29-30(19)11-14)20(31)28-12-21(3,32)13-33-8-4-5-17-7-6-16(10-26-17)22(23,24)25/h6-7,9-11,32H,4-5,8,12-13H2,1-3H3,(H,28,31). The Bertz CT molecular complexity index is 1110. The van der Waals surface area contributed by atoms with Gasteiger partial charge in [-0.2, -0.15) is 18.3 Å². The molecule has 1 unspecified atom stereocenters. The third-order valence-corrected chi connectivity index (χ3v) is 4.92. The van der Waals surface area contributed by atoms with Crippen molar-refractivity contribution in [2.75, 3.05) is 19.8 Å². The van der Waals surface area contributed by atoms with Gasteiger partial charge in [0, 0.05) is 37.4 Å². The highest BCUT2D eigenvalue weighted by Gasteiger charge is 2.30. The first-order valence-corrected chi connectivity index (χ1v) is 10.4. The number of fused-ring (bicyclic) bond motifs is 1. The number of carbonyl (C=O) groups excluding carboxylic acids is 1. The minimum Gasteiger partial charge on any atom is -0.386 e. The number of nitrogens with one attached hydrogen (secondary N) is 1. The number of aromatic nitrogens is 4. The Kier molecular flexibility index (Phi) is 7.33. The summed E-state index contributed by atoms with van der Waals surface area (Å²) < 4.78 is 44.7. The molecule has 0 saturated heterocycles. The first kappa shape index (κ1) is 24.6. The number of halogens is 3. The molecule has 2 N–H and O–H groups in total. The molecule has 0 aliphatic rings. The molecule has 3 rings (SSSR count). The Morgan fingerprint density at radius 1 is 1.21 bits per heavy atom. The lowest BCUT2D eigenvalue weighted by Crippen LogP contribution is -2.44. The second kappa shape index (κ2) is 9.84. The van der Waals surface area contributed by atoms with Gasteiger partial charge in [-0.25, -0.2) is 9.50 Å². The second-order valence-corrected chi connectivity index (χ2v) is 8.23. The molecular weight excluding hydrogens is 439 g/mol. The number of amides is 1. The summed E-state index contributed by atoms with van der Waals surface area (Å²) >= 11 is 0. The second-order valence-electron chi connectivity index (χ2n) is 8.23. The van der Waals surface area contributed by atoms with Crippen LogP contribution in [0.15, 0.2) is 30.7 Å². The minimum atomic E-state index is -4.41. The lowest BCUT2D eigenvalue weighted by Gasteiger charge is -2.23. The van der Waals surface area contributed by atoms with Crippen LogP contribution in [0.2, 0.25) is 0 Å². The van der Waals surface area contributed by atoms with Crippen LogP contribution in [0.25, 0.3) is 5.65 Å². The van der Waals surface area contributed by atoms with Crippen molar-refractivity contribution in [3.63, 3.8) is 0 Å². The third kappa shape index (κ3) is 6.48. The van der Waals surface area contributed by atoms with E-state index in [1.807, 2.05) is 6.92 Å². The molecule has 0 aliphatic carbocycles. The molecule has 3 heterocycles. The van der Waals surface area contributed by atoms with Crippen LogP contribution in [-0.2, 0) is 17.3 Å². The van der Waals surface area contributed by atoms with E-state index >= 15 is 0 Å². The van der Waals surface area contributed by atoms with E-state index in [1.165, 1.54) is 13.0 Å². The monoisotopic (exact) mass is 465 g/mol. The molecule has 0 radical (unpaired) electrons. The average molecular weight is 465 g/mol. The van der Waals surface area contributed by atoms with Crippen LogP contribution in [0.4, 0.5) is 13.2 Å². The zero-order valence-corrected chi connectivity index (χ0v) is 18.6. The molecular formula is C22H26F3N5O3. The van der Waals surface area contributed by atoms with Crippen molar-refractivity contribution in [1.82, 2.24) is 24.9 Å². The summed E-state index contributed by atoms with van der Waals surface area (Å²) in [5, 5.41) is 17.5. The molecule has 0 aliphatic heterocycles. The van der Waals surface area contributed by atoms with E-state index in [0.717, 1.165) is 17.8 Å². The number of nitrogens with zero attached hydrogens (tertiary/aromatic N) is 4. The number of hydrogen-bond acceptors (Lipinski definition) is 6. The van der Waals surface area contributed by atoms with E-state index in [1.54, 1.807) is 23.8 Å². The van der Waals surface area contributed by atoms with Gasteiger partial charge in [-0.05, 0) is 51.3 Å². The topological polar surface area (TPSA) is 102 Å². The maximum absolute atomic E-state index is 12.7. The van der Waals surface area contributed by atoms with Crippen LogP contribution in [-0.4, -0.2) is 56.0 Å². The van der Waals surface area contributed by atoms with Crippen LogP contribution in [0.3, 0.4) is 0 Å². The van der Waals surface area contributed by atoms with Gasteiger partial charge in [0.1, 0.15) is 11.2 Å². The highest BCUT2D eigenvalue weighted by molar-refractivity contribution is 6.01. The molecule has 3 aromatic heterocycles. The number of alkyl halides is 3. The number of aryl methyl sites for hydroxylation is 3. The van der Waals surface area contributed by atoms with Crippen LogP contribution < -0.4 is 5.32 Å². The van der Waals surface area contributed by atoms with Crippen molar-refractivity contribution in [3.8, 4) is 0 Å². The van der Waals surface area contributed by atoms with E-state index < -0.39 is 23.2 Å². The highest BCUT2D eigenvalue weighted by atomic mass is 19.4. The summed E-state index contributed by atoms with van der Waals surface area (Å²) in [6, 6.07) is 2.34. The normalized spacial score (nSPS) is 13.8. The van der Waals surface area contributed by atoms with E-state index in [4.69, 9.17) is 4.74 Å².